The Morgan fingerprint density at radius 3 is 2.38 bits per heavy atom. The summed E-state index contributed by atoms with van der Waals surface area (Å²) in [5, 5.41) is 14.6. The molecule has 9 heteroatoms. The number of carbonyl (C=O) groups is 1. The molecule has 208 valence electrons. The van der Waals surface area contributed by atoms with Crippen molar-refractivity contribution < 1.29 is 32.8 Å². The molecule has 0 spiro atoms. The first-order chi connectivity index (χ1) is 18.7. The van der Waals surface area contributed by atoms with Gasteiger partial charge in [-0.1, -0.05) is 30.4 Å². The molecule has 1 heterocycles. The van der Waals surface area contributed by atoms with Crippen LogP contribution in [0.25, 0.3) is 16.5 Å². The van der Waals surface area contributed by atoms with Crippen molar-refractivity contribution in [3.8, 4) is 11.5 Å². The number of benzene rings is 2. The molecule has 0 radical (unpaired) electrons. The molecule has 0 saturated heterocycles. The van der Waals surface area contributed by atoms with Gasteiger partial charge >= 0.3 is 5.63 Å². The molecule has 3 rings (SSSR count). The van der Waals surface area contributed by atoms with Gasteiger partial charge in [0.25, 0.3) is 6.47 Å². The van der Waals surface area contributed by atoms with Crippen LogP contribution in [0.2, 0.25) is 0 Å². The van der Waals surface area contributed by atoms with E-state index in [-0.39, 0.29) is 62.8 Å². The number of hydroxylamine groups is 3. The number of hydrogen-bond acceptors (Lipinski definition) is 8. The highest BCUT2D eigenvalue weighted by Crippen LogP contribution is 2.39. The maximum Gasteiger partial charge on any atom is 0.344 e. The van der Waals surface area contributed by atoms with Crippen LogP contribution in [-0.4, -0.2) is 58.2 Å². The molecule has 0 unspecified atom stereocenters. The van der Waals surface area contributed by atoms with Crippen molar-refractivity contribution in [3.63, 3.8) is 0 Å². The Labute approximate surface area is 228 Å². The Morgan fingerprint density at radius 1 is 1.05 bits per heavy atom. The Hall–Kier alpha value is -3.76. The summed E-state index contributed by atoms with van der Waals surface area (Å²) in [5.41, 5.74) is 2.13. The standard InChI is InChI=1S/C30H35NO8/c1-21(2)12-15-37-28-11-10-24(22(3)25-18-23-8-6-7-9-27(23)39-30(25)33)29(38-20-32)26(28)19-31(34,13-16-35-4)14-17-36-5/h6-12,18,20H,3,13-17,19H2,1-2,4-5H3. The topological polar surface area (TPSA) is 107 Å². The second-order valence-electron chi connectivity index (χ2n) is 9.34. The van der Waals surface area contributed by atoms with E-state index in [4.69, 9.17) is 23.4 Å². The Bertz CT molecular complexity index is 1380. The lowest BCUT2D eigenvalue weighted by molar-refractivity contribution is -0.894. The first-order valence-corrected chi connectivity index (χ1v) is 12.5. The third kappa shape index (κ3) is 7.64. The molecule has 0 aliphatic rings. The molecule has 0 bridgehead atoms. The summed E-state index contributed by atoms with van der Waals surface area (Å²) < 4.78 is 26.6. The maximum atomic E-state index is 13.9. The van der Waals surface area contributed by atoms with Crippen LogP contribution in [0.3, 0.4) is 0 Å². The van der Waals surface area contributed by atoms with Gasteiger partial charge in [-0.3, -0.25) is 4.79 Å². The quantitative estimate of drug-likeness (QED) is 0.0891. The molecule has 3 aromatic rings. The van der Waals surface area contributed by atoms with Gasteiger partial charge in [-0.15, -0.1) is 0 Å². The van der Waals surface area contributed by atoms with E-state index in [2.05, 4.69) is 6.58 Å². The maximum absolute atomic E-state index is 13.9. The van der Waals surface area contributed by atoms with Crippen LogP contribution in [0.15, 0.2) is 69.9 Å². The molecule has 9 nitrogen and oxygen atoms in total. The van der Waals surface area contributed by atoms with Gasteiger partial charge in [0, 0.05) is 25.2 Å². The van der Waals surface area contributed by atoms with Crippen molar-refractivity contribution in [2.45, 2.75) is 20.4 Å². The van der Waals surface area contributed by atoms with Gasteiger partial charge in [-0.2, -0.15) is 0 Å². The van der Waals surface area contributed by atoms with Gasteiger partial charge in [0.1, 0.15) is 37.6 Å². The molecule has 0 saturated carbocycles. The first kappa shape index (κ1) is 29.8. The largest absolute Gasteiger partial charge is 0.632 e. The number of allylic oxidation sites excluding steroid dienone is 1. The fraction of sp³-hybridized carbons (Fsp3) is 0.333. The molecule has 0 aliphatic carbocycles. The van der Waals surface area contributed by atoms with Gasteiger partial charge in [0.05, 0.1) is 24.3 Å². The zero-order valence-electron chi connectivity index (χ0n) is 22.9. The van der Waals surface area contributed by atoms with Crippen molar-refractivity contribution in [1.82, 2.24) is 0 Å². The average molecular weight is 538 g/mol. The average Bonchev–Trinajstić information content (AvgIpc) is 2.91. The van der Waals surface area contributed by atoms with Gasteiger partial charge in [-0.05, 0) is 49.8 Å². The molecule has 1 aromatic heterocycles. The molecule has 0 aliphatic heterocycles. The first-order valence-electron chi connectivity index (χ1n) is 12.5. The van der Waals surface area contributed by atoms with Crippen LogP contribution in [-0.2, 0) is 20.8 Å². The Morgan fingerprint density at radius 2 is 1.74 bits per heavy atom. The van der Waals surface area contributed by atoms with Crippen molar-refractivity contribution in [3.05, 3.63) is 93.0 Å². The fourth-order valence-electron chi connectivity index (χ4n) is 4.10. The molecule has 39 heavy (non-hydrogen) atoms. The number of fused-ring (bicyclic) bond motifs is 1. The van der Waals surface area contributed by atoms with Crippen LogP contribution >= 0.6 is 0 Å². The lowest BCUT2D eigenvalue weighted by Crippen LogP contribution is -2.46. The van der Waals surface area contributed by atoms with E-state index in [1.54, 1.807) is 30.3 Å². The fourth-order valence-corrected chi connectivity index (χ4v) is 4.10. The van der Waals surface area contributed by atoms with Crippen molar-refractivity contribution in [2.75, 3.05) is 47.1 Å². The van der Waals surface area contributed by atoms with Crippen molar-refractivity contribution in [1.29, 1.82) is 0 Å². The zero-order chi connectivity index (χ0) is 28.4. The molecule has 2 aromatic carbocycles. The molecule has 0 N–H and O–H groups in total. The summed E-state index contributed by atoms with van der Waals surface area (Å²) in [6.07, 6.45) is 1.90. The van der Waals surface area contributed by atoms with Crippen molar-refractivity contribution >= 4 is 23.0 Å². The highest BCUT2D eigenvalue weighted by atomic mass is 16.6. The molecular weight excluding hydrogens is 502 g/mol. The smallest absolute Gasteiger partial charge is 0.344 e. The predicted molar refractivity (Wildman–Crippen MR) is 149 cm³/mol. The number of hydrogen-bond donors (Lipinski definition) is 0. The normalized spacial score (nSPS) is 11.3. The van der Waals surface area contributed by atoms with Crippen molar-refractivity contribution in [2.24, 2.45) is 0 Å². The number of methoxy groups -OCH3 is 2. The van der Waals surface area contributed by atoms with Gasteiger partial charge in [0.2, 0.25) is 0 Å². The number of para-hydroxylation sites is 1. The molecule has 0 atom stereocenters. The summed E-state index contributed by atoms with van der Waals surface area (Å²) in [5.74, 6) is 0.463. The number of quaternary nitrogens is 1. The monoisotopic (exact) mass is 537 g/mol. The Kier molecular flexibility index (Phi) is 10.6. The summed E-state index contributed by atoms with van der Waals surface area (Å²) >= 11 is 0. The van der Waals surface area contributed by atoms with Gasteiger partial charge < -0.3 is 33.2 Å². The number of carbonyl (C=O) groups excluding carboxylic acids is 1. The minimum absolute atomic E-state index is 0.0884. The second kappa shape index (κ2) is 13.9. The minimum Gasteiger partial charge on any atom is -0.632 e. The lowest BCUT2D eigenvalue weighted by Gasteiger charge is -2.43. The summed E-state index contributed by atoms with van der Waals surface area (Å²) in [6, 6.07) is 12.1. The number of ether oxygens (including phenoxy) is 4. The van der Waals surface area contributed by atoms with Crippen LogP contribution in [0, 0.1) is 5.21 Å². The van der Waals surface area contributed by atoms with E-state index in [1.165, 1.54) is 14.2 Å². The van der Waals surface area contributed by atoms with Crippen LogP contribution < -0.4 is 15.1 Å². The van der Waals surface area contributed by atoms with Gasteiger partial charge in [0.15, 0.2) is 5.75 Å². The van der Waals surface area contributed by atoms with Gasteiger partial charge in [-0.25, -0.2) is 4.79 Å². The van der Waals surface area contributed by atoms with E-state index in [9.17, 15) is 14.8 Å². The molecular formula is C30H35NO8. The van der Waals surface area contributed by atoms with E-state index in [0.717, 1.165) is 5.57 Å². The molecule has 0 amide bonds. The van der Waals surface area contributed by atoms with Crippen LogP contribution in [0.5, 0.6) is 11.5 Å². The Balaban J connectivity index is 2.17. The van der Waals surface area contributed by atoms with E-state index in [1.807, 2.05) is 32.1 Å². The third-order valence-corrected chi connectivity index (χ3v) is 6.26. The highest BCUT2D eigenvalue weighted by Gasteiger charge is 2.27. The SMILES string of the molecule is C=C(c1ccc(OCC=C(C)C)c(C[N+]([O-])(CCOC)CCOC)c1OC=O)c1cc2ccccc2oc1=O. The summed E-state index contributed by atoms with van der Waals surface area (Å²) in [4.78, 5) is 24.6. The predicted octanol–water partition coefficient (Wildman–Crippen LogP) is 4.84. The lowest BCUT2D eigenvalue weighted by atomic mass is 9.96. The third-order valence-electron chi connectivity index (χ3n) is 6.26. The highest BCUT2D eigenvalue weighted by molar-refractivity contribution is 5.87. The molecule has 0 fully saturated rings. The zero-order valence-corrected chi connectivity index (χ0v) is 22.9. The van der Waals surface area contributed by atoms with E-state index < -0.39 is 10.3 Å². The minimum atomic E-state index is -0.718. The van der Waals surface area contributed by atoms with E-state index in [0.29, 0.717) is 27.8 Å². The van der Waals surface area contributed by atoms with E-state index >= 15 is 0 Å². The van der Waals surface area contributed by atoms with Crippen LogP contribution in [0.4, 0.5) is 0 Å². The number of nitrogens with zero attached hydrogens (tertiary/aromatic N) is 1. The summed E-state index contributed by atoms with van der Waals surface area (Å²) in [7, 11) is 3.05. The second-order valence-corrected chi connectivity index (χ2v) is 9.34. The number of rotatable bonds is 15. The van der Waals surface area contributed by atoms with Crippen LogP contribution in [0.1, 0.15) is 30.5 Å². The summed E-state index contributed by atoms with van der Waals surface area (Å²) in [6.45, 7) is 9.15.